The molecule has 12 heavy (non-hydrogen) atoms. The lowest BCUT2D eigenvalue weighted by atomic mass is 10.3. The average Bonchev–Trinajstić information content (AvgIpc) is 1.76. The Labute approximate surface area is 68.2 Å². The molecule has 0 saturated heterocycles. The minimum atomic E-state index is -9.24. The highest BCUT2D eigenvalue weighted by atomic mass is 32.5. The zero-order valence-corrected chi connectivity index (χ0v) is 7.55. The molecule has 0 N–H and O–H groups in total. The summed E-state index contributed by atoms with van der Waals surface area (Å²) >= 11 is 0. The first-order valence-electron chi connectivity index (χ1n) is 3.31. The van der Waals surface area contributed by atoms with Crippen LogP contribution in [0.25, 0.3) is 0 Å². The summed E-state index contributed by atoms with van der Waals surface area (Å²) in [6.45, 7) is 1.99. The van der Waals surface area contributed by atoms with Gasteiger partial charge in [0, 0.05) is 0 Å². The molecule has 0 heterocycles. The maximum atomic E-state index is 11.9. The molecule has 6 heteroatoms. The van der Waals surface area contributed by atoms with Crippen molar-refractivity contribution in [3.05, 3.63) is 12.2 Å². The van der Waals surface area contributed by atoms with E-state index >= 15 is 0 Å². The molecule has 0 spiro atoms. The van der Waals surface area contributed by atoms with Crippen LogP contribution in [0.15, 0.2) is 12.2 Å². The van der Waals surface area contributed by atoms with Gasteiger partial charge in [0.05, 0.1) is 5.25 Å². The highest BCUT2D eigenvalue weighted by Gasteiger charge is 2.67. The van der Waals surface area contributed by atoms with E-state index in [4.69, 9.17) is 0 Å². The molecule has 0 aromatic rings. The normalized spacial score (nSPS) is 21.9. The molecule has 0 aromatic carbocycles. The molecule has 0 bridgehead atoms. The lowest BCUT2D eigenvalue weighted by Crippen LogP contribution is -2.21. The van der Waals surface area contributed by atoms with Crippen LogP contribution in [0.5, 0.6) is 0 Å². The van der Waals surface area contributed by atoms with Crippen molar-refractivity contribution in [3.63, 3.8) is 0 Å². The van der Waals surface area contributed by atoms with Crippen molar-refractivity contribution in [3.8, 4) is 0 Å². The SMILES string of the molecule is C/C=C\CC(C)S(F)(F)(F)(F)F. The highest BCUT2D eigenvalue weighted by molar-refractivity contribution is 8.46. The van der Waals surface area contributed by atoms with Crippen LogP contribution in [0, 0.1) is 0 Å². The predicted octanol–water partition coefficient (Wildman–Crippen LogP) is 4.64. The van der Waals surface area contributed by atoms with Gasteiger partial charge < -0.3 is 0 Å². The Hall–Kier alpha value is -0.260. The maximum absolute atomic E-state index is 11.9. The van der Waals surface area contributed by atoms with Crippen LogP contribution < -0.4 is 0 Å². The fourth-order valence-corrected chi connectivity index (χ4v) is 0.984. The quantitative estimate of drug-likeness (QED) is 0.470. The molecular formula is C6H11F5S. The van der Waals surface area contributed by atoms with E-state index in [1.54, 1.807) is 0 Å². The van der Waals surface area contributed by atoms with E-state index in [2.05, 4.69) is 0 Å². The summed E-state index contributed by atoms with van der Waals surface area (Å²) < 4.78 is 59.5. The summed E-state index contributed by atoms with van der Waals surface area (Å²) in [6, 6.07) is 0. The summed E-state index contributed by atoms with van der Waals surface area (Å²) in [6.07, 6.45) is 1.75. The van der Waals surface area contributed by atoms with Crippen LogP contribution in [-0.4, -0.2) is 5.25 Å². The molecule has 76 valence electrons. The molecule has 0 aliphatic rings. The van der Waals surface area contributed by atoms with Crippen molar-refractivity contribution < 1.29 is 19.4 Å². The molecule has 0 aliphatic heterocycles. The molecule has 1 atom stereocenters. The van der Waals surface area contributed by atoms with Gasteiger partial charge in [-0.25, -0.2) is 0 Å². The highest BCUT2D eigenvalue weighted by Crippen LogP contribution is 3.00. The smallest absolute Gasteiger partial charge is 0.0975 e. The number of hydrogen-bond acceptors (Lipinski definition) is 0. The van der Waals surface area contributed by atoms with E-state index in [0.717, 1.165) is 6.08 Å². The molecule has 0 aromatic heterocycles. The number of rotatable bonds is 3. The van der Waals surface area contributed by atoms with Crippen LogP contribution in [0.2, 0.25) is 0 Å². The van der Waals surface area contributed by atoms with Crippen molar-refractivity contribution in [2.75, 3.05) is 0 Å². The molecule has 0 amide bonds. The van der Waals surface area contributed by atoms with Gasteiger partial charge in [-0.05, 0) is 20.3 Å². The van der Waals surface area contributed by atoms with Gasteiger partial charge >= 0.3 is 0 Å². The summed E-state index contributed by atoms with van der Waals surface area (Å²) in [4.78, 5) is 0. The summed E-state index contributed by atoms with van der Waals surface area (Å²) in [5.41, 5.74) is 0. The maximum Gasteiger partial charge on any atom is 0.288 e. The van der Waals surface area contributed by atoms with E-state index in [9.17, 15) is 19.4 Å². The van der Waals surface area contributed by atoms with E-state index in [1.165, 1.54) is 13.0 Å². The summed E-state index contributed by atoms with van der Waals surface area (Å²) in [5, 5.41) is -2.54. The van der Waals surface area contributed by atoms with Gasteiger partial charge in [-0.15, -0.1) is 0 Å². The molecule has 1 unspecified atom stereocenters. The Bertz CT molecular complexity index is 187. The summed E-state index contributed by atoms with van der Waals surface area (Å²) in [5.74, 6) is 0. The largest absolute Gasteiger partial charge is 0.288 e. The van der Waals surface area contributed by atoms with Crippen LogP contribution in [0.3, 0.4) is 0 Å². The van der Waals surface area contributed by atoms with Crippen molar-refractivity contribution in [1.29, 1.82) is 0 Å². The van der Waals surface area contributed by atoms with E-state index < -0.39 is 21.9 Å². The minimum Gasteiger partial charge on any atom is -0.0975 e. The zero-order chi connectivity index (χ0) is 10.1. The van der Waals surface area contributed by atoms with E-state index in [1.807, 2.05) is 0 Å². The van der Waals surface area contributed by atoms with Gasteiger partial charge in [0.1, 0.15) is 0 Å². The van der Waals surface area contributed by atoms with Gasteiger partial charge in [-0.1, -0.05) is 31.6 Å². The Kier molecular flexibility index (Phi) is 2.32. The van der Waals surface area contributed by atoms with Gasteiger partial charge in [0.25, 0.3) is 10.2 Å². The third kappa shape index (κ3) is 3.94. The van der Waals surface area contributed by atoms with Crippen molar-refractivity contribution in [1.82, 2.24) is 0 Å². The first-order valence-corrected chi connectivity index (χ1v) is 5.33. The van der Waals surface area contributed by atoms with Gasteiger partial charge in [0.2, 0.25) is 0 Å². The average molecular weight is 210 g/mol. The Morgan fingerprint density at radius 1 is 1.17 bits per heavy atom. The second-order valence-corrected chi connectivity index (χ2v) is 5.51. The number of hydrogen-bond donors (Lipinski definition) is 0. The standard InChI is InChI=1S/C6H11F5S/c1-3-4-5-6(2)12(7,8,9,10)11/h3-4,6H,5H2,1-2H3/b4-3-. The molecule has 0 fully saturated rings. The van der Waals surface area contributed by atoms with Gasteiger partial charge in [-0.3, -0.25) is 0 Å². The summed E-state index contributed by atoms with van der Waals surface area (Å²) in [7, 11) is -9.24. The predicted molar refractivity (Wildman–Crippen MR) is 42.0 cm³/mol. The third-order valence-corrected chi connectivity index (χ3v) is 3.18. The minimum absolute atomic E-state index is 0.502. The van der Waals surface area contributed by atoms with E-state index in [0.29, 0.717) is 6.92 Å². The second kappa shape index (κ2) is 2.37. The fraction of sp³-hybridized carbons (Fsp3) is 0.667. The fourth-order valence-electron chi connectivity index (χ4n) is 0.510. The number of allylic oxidation sites excluding steroid dienone is 2. The monoisotopic (exact) mass is 210 g/mol. The van der Waals surface area contributed by atoms with Crippen LogP contribution in [0.4, 0.5) is 19.4 Å². The van der Waals surface area contributed by atoms with Crippen molar-refractivity contribution in [2.45, 2.75) is 25.5 Å². The van der Waals surface area contributed by atoms with Crippen molar-refractivity contribution in [2.24, 2.45) is 0 Å². The van der Waals surface area contributed by atoms with Crippen LogP contribution in [0.1, 0.15) is 20.3 Å². The first-order chi connectivity index (χ1) is 4.97. The van der Waals surface area contributed by atoms with Gasteiger partial charge in [0.15, 0.2) is 0 Å². The molecule has 0 nitrogen and oxygen atoms in total. The third-order valence-electron chi connectivity index (χ3n) is 1.46. The van der Waals surface area contributed by atoms with Crippen molar-refractivity contribution >= 4 is 10.2 Å². The van der Waals surface area contributed by atoms with Gasteiger partial charge in [-0.2, -0.15) is 0 Å². The van der Waals surface area contributed by atoms with E-state index in [-0.39, 0.29) is 0 Å². The molecule has 0 rings (SSSR count). The van der Waals surface area contributed by atoms with Crippen LogP contribution in [-0.2, 0) is 0 Å². The molecular weight excluding hydrogens is 199 g/mol. The van der Waals surface area contributed by atoms with Crippen LogP contribution >= 0.6 is 10.2 Å². The molecule has 0 saturated carbocycles. The second-order valence-electron chi connectivity index (χ2n) is 2.64. The molecule has 0 radical (unpaired) electrons. The lowest BCUT2D eigenvalue weighted by Gasteiger charge is -2.45. The molecule has 0 aliphatic carbocycles. The Morgan fingerprint density at radius 3 is 1.83 bits per heavy atom. The Morgan fingerprint density at radius 2 is 1.58 bits per heavy atom. The zero-order valence-electron chi connectivity index (χ0n) is 6.74. The topological polar surface area (TPSA) is 0 Å². The lowest BCUT2D eigenvalue weighted by molar-refractivity contribution is 0.345. The Balaban J connectivity index is 4.60. The number of halogens is 5. The first kappa shape index (κ1) is 11.7.